The number of para-hydroxylation sites is 1. The van der Waals surface area contributed by atoms with Crippen LogP contribution in [0.1, 0.15) is 16.1 Å². The molecule has 192 valence electrons. The Kier molecular flexibility index (Phi) is 7.16. The van der Waals surface area contributed by atoms with E-state index in [0.717, 1.165) is 20.9 Å². The number of pyridine rings is 1. The first-order chi connectivity index (χ1) is 18.2. The number of carbonyl (C=O) groups excluding carboxylic acids is 1. The minimum Gasteiger partial charge on any atom is -0.336 e. The van der Waals surface area contributed by atoms with Gasteiger partial charge in [0.1, 0.15) is 0 Å². The lowest BCUT2D eigenvalue weighted by atomic mass is 10.2. The van der Waals surface area contributed by atoms with Crippen LogP contribution in [0.2, 0.25) is 5.02 Å². The molecule has 2 aromatic carbocycles. The third kappa shape index (κ3) is 5.40. The molecule has 3 aromatic heterocycles. The smallest absolute Gasteiger partial charge is 0.274 e. The normalized spacial score (nSPS) is 11.4. The van der Waals surface area contributed by atoms with Crippen LogP contribution in [0.25, 0.3) is 26.7 Å². The number of nitrogens with zero attached hydrogens (tertiary/aromatic N) is 4. The summed E-state index contributed by atoms with van der Waals surface area (Å²) in [5.74, 6) is -0.237. The lowest BCUT2D eigenvalue weighted by molar-refractivity contribution is 0.0778. The lowest BCUT2D eigenvalue weighted by Crippen LogP contribution is -2.26. The van der Waals surface area contributed by atoms with Gasteiger partial charge in [-0.25, -0.2) is 13.1 Å². The van der Waals surface area contributed by atoms with E-state index in [1.165, 1.54) is 17.6 Å². The number of aromatic nitrogens is 3. The van der Waals surface area contributed by atoms with Crippen LogP contribution in [0.3, 0.4) is 0 Å². The van der Waals surface area contributed by atoms with Gasteiger partial charge in [-0.2, -0.15) is 5.10 Å². The van der Waals surface area contributed by atoms with Crippen molar-refractivity contribution < 1.29 is 13.2 Å². The zero-order valence-electron chi connectivity index (χ0n) is 20.6. The third-order valence-corrected chi connectivity index (χ3v) is 8.49. The molecule has 0 saturated heterocycles. The minimum atomic E-state index is -3.33. The summed E-state index contributed by atoms with van der Waals surface area (Å²) in [6.07, 6.45) is 4.61. The van der Waals surface area contributed by atoms with Gasteiger partial charge < -0.3 is 4.90 Å². The van der Waals surface area contributed by atoms with E-state index in [1.807, 2.05) is 48.5 Å². The van der Waals surface area contributed by atoms with Crippen molar-refractivity contribution in [2.75, 3.05) is 13.3 Å². The van der Waals surface area contributed by atoms with Gasteiger partial charge in [-0.15, -0.1) is 11.3 Å². The molecule has 38 heavy (non-hydrogen) atoms. The molecule has 0 unspecified atom stereocenters. The fourth-order valence-electron chi connectivity index (χ4n) is 4.01. The second-order valence-corrected chi connectivity index (χ2v) is 12.3. The van der Waals surface area contributed by atoms with Crippen molar-refractivity contribution in [2.24, 2.45) is 0 Å². The van der Waals surface area contributed by atoms with Gasteiger partial charge in [0, 0.05) is 37.1 Å². The first kappa shape index (κ1) is 25.8. The molecule has 0 saturated carbocycles. The SMILES string of the molecule is CN(Cc1cccnc1)C(=O)c1cc(-c2ccc(-c3cccc(S(C)(=O)=O)c3)s2)n(-c2ccccc2Cl)n1. The molecule has 0 aliphatic rings. The number of halogens is 1. The summed E-state index contributed by atoms with van der Waals surface area (Å²) >= 11 is 8.00. The quantitative estimate of drug-likeness (QED) is 0.243. The number of hydrogen-bond acceptors (Lipinski definition) is 6. The van der Waals surface area contributed by atoms with Crippen molar-refractivity contribution in [2.45, 2.75) is 11.4 Å². The maximum Gasteiger partial charge on any atom is 0.274 e. The van der Waals surface area contributed by atoms with E-state index in [2.05, 4.69) is 10.1 Å². The van der Waals surface area contributed by atoms with Crippen molar-refractivity contribution >= 4 is 38.7 Å². The van der Waals surface area contributed by atoms with E-state index in [1.54, 1.807) is 59.4 Å². The highest BCUT2D eigenvalue weighted by molar-refractivity contribution is 7.90. The van der Waals surface area contributed by atoms with Gasteiger partial charge in [-0.05, 0) is 59.7 Å². The predicted molar refractivity (Wildman–Crippen MR) is 150 cm³/mol. The average molecular weight is 563 g/mol. The molecule has 5 rings (SSSR count). The maximum atomic E-state index is 13.4. The molecule has 7 nitrogen and oxygen atoms in total. The van der Waals surface area contributed by atoms with Crippen LogP contribution in [0.15, 0.2) is 96.2 Å². The van der Waals surface area contributed by atoms with Gasteiger partial charge in [0.25, 0.3) is 5.91 Å². The van der Waals surface area contributed by atoms with Gasteiger partial charge >= 0.3 is 0 Å². The topological polar surface area (TPSA) is 85.2 Å². The van der Waals surface area contributed by atoms with E-state index in [-0.39, 0.29) is 16.5 Å². The summed E-state index contributed by atoms with van der Waals surface area (Å²) in [5.41, 5.74) is 3.33. The Balaban J connectivity index is 1.55. The molecule has 1 amide bonds. The second kappa shape index (κ2) is 10.5. The summed E-state index contributed by atoms with van der Waals surface area (Å²) in [6, 6.07) is 23.5. The molecule has 3 heterocycles. The number of benzene rings is 2. The fourth-order valence-corrected chi connectivity index (χ4v) is 5.90. The first-order valence-electron chi connectivity index (χ1n) is 11.6. The van der Waals surface area contributed by atoms with Crippen molar-refractivity contribution in [1.29, 1.82) is 0 Å². The van der Waals surface area contributed by atoms with Gasteiger partial charge in [0.15, 0.2) is 15.5 Å². The lowest BCUT2D eigenvalue weighted by Gasteiger charge is -2.15. The molecule has 0 bridgehead atoms. The number of rotatable bonds is 7. The maximum absolute atomic E-state index is 13.4. The molecular formula is C28H23ClN4O3S2. The standard InChI is InChI=1S/C28H23ClN4O3S2/c1-32(18-19-7-6-14-30-17-19)28(34)23-16-25(33(31-23)24-11-4-3-10-22(24)29)27-13-12-26(37-27)20-8-5-9-21(15-20)38(2,35)36/h3-17H,18H2,1-2H3. The van der Waals surface area contributed by atoms with Crippen LogP contribution in [0.4, 0.5) is 0 Å². The minimum absolute atomic E-state index is 0.237. The zero-order chi connectivity index (χ0) is 26.9. The van der Waals surface area contributed by atoms with Gasteiger partial charge in [0.2, 0.25) is 0 Å². The Labute approximate surface area is 229 Å². The van der Waals surface area contributed by atoms with Crippen molar-refractivity contribution in [3.63, 3.8) is 0 Å². The van der Waals surface area contributed by atoms with Crippen LogP contribution >= 0.6 is 22.9 Å². The Morgan fingerprint density at radius 3 is 2.53 bits per heavy atom. The Hall–Kier alpha value is -3.79. The molecule has 0 fully saturated rings. The highest BCUT2D eigenvalue weighted by atomic mass is 35.5. The summed E-state index contributed by atoms with van der Waals surface area (Å²) in [7, 11) is -1.61. The van der Waals surface area contributed by atoms with Gasteiger partial charge in [0.05, 0.1) is 26.2 Å². The predicted octanol–water partition coefficient (Wildman–Crippen LogP) is 5.99. The summed E-state index contributed by atoms with van der Waals surface area (Å²) in [5, 5.41) is 5.16. The largest absolute Gasteiger partial charge is 0.336 e. The van der Waals surface area contributed by atoms with Crippen LogP contribution in [0.5, 0.6) is 0 Å². The summed E-state index contributed by atoms with van der Waals surface area (Å²) < 4.78 is 25.8. The number of hydrogen-bond donors (Lipinski definition) is 0. The van der Waals surface area contributed by atoms with Crippen LogP contribution in [-0.2, 0) is 16.4 Å². The summed E-state index contributed by atoms with van der Waals surface area (Å²) in [4.78, 5) is 21.1. The molecule has 10 heteroatoms. The molecule has 0 aliphatic heterocycles. The number of sulfone groups is 1. The monoisotopic (exact) mass is 562 g/mol. The van der Waals surface area contributed by atoms with Gasteiger partial charge in [-0.3, -0.25) is 9.78 Å². The average Bonchev–Trinajstić information content (AvgIpc) is 3.57. The molecule has 0 aliphatic carbocycles. The third-order valence-electron chi connectivity index (χ3n) is 5.90. The molecule has 0 atom stereocenters. The van der Waals surface area contributed by atoms with E-state index < -0.39 is 9.84 Å². The summed E-state index contributed by atoms with van der Waals surface area (Å²) in [6.45, 7) is 0.390. The number of carbonyl (C=O) groups is 1. The van der Waals surface area contributed by atoms with E-state index >= 15 is 0 Å². The van der Waals surface area contributed by atoms with E-state index in [4.69, 9.17) is 11.6 Å². The molecule has 0 radical (unpaired) electrons. The molecule has 0 spiro atoms. The van der Waals surface area contributed by atoms with E-state index in [9.17, 15) is 13.2 Å². The zero-order valence-corrected chi connectivity index (χ0v) is 23.0. The fraction of sp³-hybridized carbons (Fsp3) is 0.107. The van der Waals surface area contributed by atoms with Crippen LogP contribution < -0.4 is 0 Å². The van der Waals surface area contributed by atoms with Crippen molar-refractivity contribution in [1.82, 2.24) is 19.7 Å². The number of amides is 1. The van der Waals surface area contributed by atoms with Crippen molar-refractivity contribution in [3.05, 3.63) is 108 Å². The number of thiophene rings is 1. The van der Waals surface area contributed by atoms with Crippen molar-refractivity contribution in [3.8, 4) is 26.7 Å². The Bertz CT molecular complexity index is 1730. The highest BCUT2D eigenvalue weighted by Gasteiger charge is 2.22. The van der Waals surface area contributed by atoms with E-state index in [0.29, 0.717) is 22.9 Å². The Morgan fingerprint density at radius 2 is 1.79 bits per heavy atom. The van der Waals surface area contributed by atoms with Crippen LogP contribution in [-0.4, -0.2) is 47.3 Å². The Morgan fingerprint density at radius 1 is 1.00 bits per heavy atom. The van der Waals surface area contributed by atoms with Crippen LogP contribution in [0, 0.1) is 0 Å². The molecular weight excluding hydrogens is 540 g/mol. The van der Waals surface area contributed by atoms with Gasteiger partial charge in [-0.1, -0.05) is 41.9 Å². The molecule has 5 aromatic rings. The highest BCUT2D eigenvalue weighted by Crippen LogP contribution is 2.37. The second-order valence-electron chi connectivity index (χ2n) is 8.76. The first-order valence-corrected chi connectivity index (χ1v) is 14.7. The molecule has 0 N–H and O–H groups in total.